The lowest BCUT2D eigenvalue weighted by Crippen LogP contribution is -2.48. The van der Waals surface area contributed by atoms with Crippen molar-refractivity contribution in [2.75, 3.05) is 19.6 Å². The van der Waals surface area contributed by atoms with E-state index in [9.17, 15) is 4.79 Å². The lowest BCUT2D eigenvalue weighted by molar-refractivity contribution is -0.131. The van der Waals surface area contributed by atoms with Crippen molar-refractivity contribution in [3.8, 4) is 6.07 Å². The minimum absolute atomic E-state index is 0.118. The summed E-state index contributed by atoms with van der Waals surface area (Å²) in [5.74, 6) is 0.118. The van der Waals surface area contributed by atoms with Gasteiger partial charge in [-0.3, -0.25) is 4.79 Å². The minimum Gasteiger partial charge on any atom is -0.356 e. The number of nitriles is 1. The second-order valence-electron chi connectivity index (χ2n) is 4.36. The lowest BCUT2D eigenvalue weighted by Gasteiger charge is -2.32. The van der Waals surface area contributed by atoms with Crippen molar-refractivity contribution in [3.05, 3.63) is 0 Å². The second-order valence-corrected chi connectivity index (χ2v) is 4.36. The average molecular weight is 209 g/mol. The Kier molecular flexibility index (Phi) is 4.57. The molecule has 84 valence electrons. The third-order valence-corrected chi connectivity index (χ3v) is 2.90. The largest absolute Gasteiger partial charge is 0.356 e. The zero-order valence-electron chi connectivity index (χ0n) is 9.31. The van der Waals surface area contributed by atoms with E-state index in [1.807, 2.05) is 6.92 Å². The number of carbonyl (C=O) groups excluding carboxylic acids is 1. The maximum absolute atomic E-state index is 11.8. The van der Waals surface area contributed by atoms with E-state index in [4.69, 9.17) is 5.26 Å². The van der Waals surface area contributed by atoms with Gasteiger partial charge in [0, 0.05) is 19.5 Å². The zero-order chi connectivity index (χ0) is 11.1. The van der Waals surface area contributed by atoms with Crippen LogP contribution in [-0.2, 0) is 4.79 Å². The predicted molar refractivity (Wildman–Crippen MR) is 58.1 cm³/mol. The summed E-state index contributed by atoms with van der Waals surface area (Å²) in [5.41, 5.74) is -0.259. The molecule has 0 aromatic carbocycles. The van der Waals surface area contributed by atoms with Gasteiger partial charge in [0.25, 0.3) is 0 Å². The Hall–Kier alpha value is -1.08. The number of hydrogen-bond donors (Lipinski definition) is 2. The summed E-state index contributed by atoms with van der Waals surface area (Å²) in [5, 5.41) is 14.5. The van der Waals surface area contributed by atoms with Crippen LogP contribution < -0.4 is 10.6 Å². The average Bonchev–Trinajstić information content (AvgIpc) is 2.25. The van der Waals surface area contributed by atoms with Crippen molar-refractivity contribution in [1.82, 2.24) is 10.6 Å². The summed E-state index contributed by atoms with van der Waals surface area (Å²) in [4.78, 5) is 11.8. The van der Waals surface area contributed by atoms with E-state index in [2.05, 4.69) is 16.7 Å². The first-order valence-corrected chi connectivity index (χ1v) is 5.55. The van der Waals surface area contributed by atoms with Gasteiger partial charge < -0.3 is 10.6 Å². The maximum atomic E-state index is 11.8. The molecule has 0 aromatic rings. The first kappa shape index (κ1) is 12.0. The van der Waals surface area contributed by atoms with Gasteiger partial charge in [0.15, 0.2) is 0 Å². The Morgan fingerprint density at radius 1 is 1.67 bits per heavy atom. The molecule has 4 heteroatoms. The number of nitrogens with one attached hydrogen (secondary N) is 2. The van der Waals surface area contributed by atoms with Crippen LogP contribution in [0.15, 0.2) is 0 Å². The fourth-order valence-electron chi connectivity index (χ4n) is 1.83. The van der Waals surface area contributed by atoms with Crippen LogP contribution in [0.5, 0.6) is 0 Å². The van der Waals surface area contributed by atoms with Crippen LogP contribution in [-0.4, -0.2) is 25.5 Å². The Labute approximate surface area is 91.0 Å². The molecular formula is C11H19N3O. The fraction of sp³-hybridized carbons (Fsp3) is 0.818. The molecule has 15 heavy (non-hydrogen) atoms. The van der Waals surface area contributed by atoms with Gasteiger partial charge >= 0.3 is 0 Å². The number of unbranched alkanes of at least 4 members (excludes halogenated alkanes) is 1. The van der Waals surface area contributed by atoms with E-state index in [1.165, 1.54) is 0 Å². The van der Waals surface area contributed by atoms with Crippen molar-refractivity contribution >= 4 is 5.91 Å². The number of amides is 1. The highest BCUT2D eigenvalue weighted by molar-refractivity contribution is 5.82. The molecule has 1 rings (SSSR count). The van der Waals surface area contributed by atoms with Gasteiger partial charge in [0.2, 0.25) is 5.91 Å². The monoisotopic (exact) mass is 209 g/mol. The number of nitrogens with zero attached hydrogens (tertiary/aromatic N) is 1. The van der Waals surface area contributed by atoms with E-state index >= 15 is 0 Å². The Bertz CT molecular complexity index is 251. The standard InChI is InChI=1S/C11H19N3O/c1-11(5-4-7-13-9-11)10(15)14-8-3-2-6-12/h13H,2-5,7-9H2,1H3,(H,14,15). The summed E-state index contributed by atoms with van der Waals surface area (Å²) in [7, 11) is 0. The summed E-state index contributed by atoms with van der Waals surface area (Å²) in [6, 6.07) is 2.07. The Balaban J connectivity index is 2.29. The van der Waals surface area contributed by atoms with Gasteiger partial charge in [-0.2, -0.15) is 5.26 Å². The van der Waals surface area contributed by atoms with Crippen LogP contribution in [0.1, 0.15) is 32.6 Å². The van der Waals surface area contributed by atoms with E-state index in [-0.39, 0.29) is 11.3 Å². The highest BCUT2D eigenvalue weighted by atomic mass is 16.2. The van der Waals surface area contributed by atoms with E-state index in [0.717, 1.165) is 32.4 Å². The number of hydrogen-bond acceptors (Lipinski definition) is 3. The molecule has 0 bridgehead atoms. The van der Waals surface area contributed by atoms with E-state index in [0.29, 0.717) is 13.0 Å². The highest BCUT2D eigenvalue weighted by Gasteiger charge is 2.33. The summed E-state index contributed by atoms with van der Waals surface area (Å²) < 4.78 is 0. The predicted octanol–water partition coefficient (Wildman–Crippen LogP) is 0.796. The minimum atomic E-state index is -0.259. The summed E-state index contributed by atoms with van der Waals surface area (Å²) in [6.45, 7) is 4.38. The molecule has 1 aliphatic rings. The Morgan fingerprint density at radius 2 is 2.47 bits per heavy atom. The molecule has 1 unspecified atom stereocenters. The molecule has 1 saturated heterocycles. The SMILES string of the molecule is CC1(C(=O)NCCCC#N)CCCNC1. The fourth-order valence-corrected chi connectivity index (χ4v) is 1.83. The number of rotatable bonds is 4. The summed E-state index contributed by atoms with van der Waals surface area (Å²) in [6.07, 6.45) is 3.26. The van der Waals surface area contributed by atoms with Gasteiger partial charge in [0.1, 0.15) is 0 Å². The maximum Gasteiger partial charge on any atom is 0.227 e. The van der Waals surface area contributed by atoms with Crippen LogP contribution >= 0.6 is 0 Å². The van der Waals surface area contributed by atoms with Crippen LogP contribution in [0.4, 0.5) is 0 Å². The lowest BCUT2D eigenvalue weighted by atomic mass is 9.82. The normalized spacial score (nSPS) is 25.6. The third-order valence-electron chi connectivity index (χ3n) is 2.90. The molecule has 1 aliphatic heterocycles. The van der Waals surface area contributed by atoms with Crippen molar-refractivity contribution < 1.29 is 4.79 Å². The van der Waals surface area contributed by atoms with Crippen LogP contribution in [0.3, 0.4) is 0 Å². The second kappa shape index (κ2) is 5.72. The number of carbonyl (C=O) groups is 1. The molecule has 1 amide bonds. The summed E-state index contributed by atoms with van der Waals surface area (Å²) >= 11 is 0. The van der Waals surface area contributed by atoms with Gasteiger partial charge in [-0.05, 0) is 32.7 Å². The van der Waals surface area contributed by atoms with E-state index < -0.39 is 0 Å². The first-order valence-electron chi connectivity index (χ1n) is 5.55. The van der Waals surface area contributed by atoms with Crippen LogP contribution in [0.25, 0.3) is 0 Å². The van der Waals surface area contributed by atoms with Crippen molar-refractivity contribution in [2.45, 2.75) is 32.6 Å². The van der Waals surface area contributed by atoms with Gasteiger partial charge in [-0.1, -0.05) is 0 Å². The van der Waals surface area contributed by atoms with Crippen LogP contribution in [0.2, 0.25) is 0 Å². The molecule has 0 aromatic heterocycles. The highest BCUT2D eigenvalue weighted by Crippen LogP contribution is 2.25. The van der Waals surface area contributed by atoms with Crippen molar-refractivity contribution in [3.63, 3.8) is 0 Å². The van der Waals surface area contributed by atoms with Crippen molar-refractivity contribution in [2.24, 2.45) is 5.41 Å². The third kappa shape index (κ3) is 3.52. The van der Waals surface area contributed by atoms with Gasteiger partial charge in [0.05, 0.1) is 11.5 Å². The molecule has 0 saturated carbocycles. The molecular weight excluding hydrogens is 190 g/mol. The topological polar surface area (TPSA) is 64.9 Å². The van der Waals surface area contributed by atoms with E-state index in [1.54, 1.807) is 0 Å². The molecule has 0 spiro atoms. The molecule has 1 fully saturated rings. The molecule has 1 atom stereocenters. The van der Waals surface area contributed by atoms with Crippen LogP contribution in [0, 0.1) is 16.7 Å². The molecule has 2 N–H and O–H groups in total. The van der Waals surface area contributed by atoms with Gasteiger partial charge in [-0.25, -0.2) is 0 Å². The van der Waals surface area contributed by atoms with Gasteiger partial charge in [-0.15, -0.1) is 0 Å². The molecule has 4 nitrogen and oxygen atoms in total. The van der Waals surface area contributed by atoms with Crippen molar-refractivity contribution in [1.29, 1.82) is 5.26 Å². The molecule has 0 radical (unpaired) electrons. The Morgan fingerprint density at radius 3 is 3.07 bits per heavy atom. The molecule has 1 heterocycles. The smallest absolute Gasteiger partial charge is 0.227 e. The first-order chi connectivity index (χ1) is 7.19. The number of piperidine rings is 1. The quantitative estimate of drug-likeness (QED) is 0.673. The zero-order valence-corrected chi connectivity index (χ0v) is 9.31. The molecule has 0 aliphatic carbocycles.